The lowest BCUT2D eigenvalue weighted by Gasteiger charge is -2.35. The zero-order valence-electron chi connectivity index (χ0n) is 18.4. The fourth-order valence-corrected chi connectivity index (χ4v) is 5.97. The first-order valence-electron chi connectivity index (χ1n) is 12.2. The number of rotatable bonds is 3. The second kappa shape index (κ2) is 8.37. The monoisotopic (exact) mass is 444 g/mol. The Morgan fingerprint density at radius 1 is 0.812 bits per heavy atom. The summed E-state index contributed by atoms with van der Waals surface area (Å²) in [5, 5.41) is 0. The van der Waals surface area contributed by atoms with Crippen molar-refractivity contribution in [2.24, 2.45) is 0 Å². The standard InChI is InChI=1S/C25H32O7/c26-22(17-10-4-1-5-11-17)28-20-19(18-16-27-24(30-18)12-6-2-7-13-24)29-23-21(20)31-25(32-23)14-8-3-9-15-25/h1,4-5,10-11,18-21,23H,2-3,6-9,12-16H2/t18-,19-,20-,21-,23+/m1/s1. The molecule has 5 fully saturated rings. The molecule has 3 saturated heterocycles. The van der Waals surface area contributed by atoms with Crippen molar-refractivity contribution in [3.8, 4) is 0 Å². The van der Waals surface area contributed by atoms with Gasteiger partial charge in [-0.05, 0) is 37.8 Å². The van der Waals surface area contributed by atoms with E-state index in [1.165, 1.54) is 12.8 Å². The van der Waals surface area contributed by atoms with Crippen LogP contribution in [0.3, 0.4) is 0 Å². The lowest BCUT2D eigenvalue weighted by molar-refractivity contribution is -0.259. The molecule has 7 heteroatoms. The molecule has 0 unspecified atom stereocenters. The van der Waals surface area contributed by atoms with Crippen molar-refractivity contribution >= 4 is 5.97 Å². The van der Waals surface area contributed by atoms with E-state index in [1.807, 2.05) is 18.2 Å². The molecule has 7 nitrogen and oxygen atoms in total. The topological polar surface area (TPSA) is 72.5 Å². The quantitative estimate of drug-likeness (QED) is 0.650. The summed E-state index contributed by atoms with van der Waals surface area (Å²) in [7, 11) is 0. The Morgan fingerprint density at radius 3 is 2.22 bits per heavy atom. The summed E-state index contributed by atoms with van der Waals surface area (Å²) in [5.41, 5.74) is 0.508. The van der Waals surface area contributed by atoms with Crippen molar-refractivity contribution in [1.82, 2.24) is 0 Å². The van der Waals surface area contributed by atoms with E-state index in [1.54, 1.807) is 12.1 Å². The third kappa shape index (κ3) is 3.78. The fourth-order valence-electron chi connectivity index (χ4n) is 5.97. The largest absolute Gasteiger partial charge is 0.453 e. The van der Waals surface area contributed by atoms with Gasteiger partial charge in [0.2, 0.25) is 0 Å². The van der Waals surface area contributed by atoms with Crippen LogP contribution < -0.4 is 0 Å². The predicted octanol–water partition coefficient (Wildman–Crippen LogP) is 4.09. The third-order valence-electron chi connectivity index (χ3n) is 7.62. The molecule has 3 aliphatic heterocycles. The third-order valence-corrected chi connectivity index (χ3v) is 7.62. The van der Waals surface area contributed by atoms with Crippen LogP contribution in [0.4, 0.5) is 0 Å². The van der Waals surface area contributed by atoms with Crippen LogP contribution >= 0.6 is 0 Å². The van der Waals surface area contributed by atoms with E-state index < -0.39 is 36.2 Å². The zero-order valence-corrected chi connectivity index (χ0v) is 18.4. The molecule has 2 spiro atoms. The number of benzene rings is 1. The minimum absolute atomic E-state index is 0.318. The lowest BCUT2D eigenvalue weighted by Crippen LogP contribution is -2.46. The van der Waals surface area contributed by atoms with Gasteiger partial charge in [0.15, 0.2) is 30.1 Å². The van der Waals surface area contributed by atoms with Crippen LogP contribution in [0.1, 0.15) is 74.6 Å². The maximum Gasteiger partial charge on any atom is 0.338 e. The molecule has 174 valence electrons. The van der Waals surface area contributed by atoms with Crippen molar-refractivity contribution in [3.63, 3.8) is 0 Å². The molecule has 2 saturated carbocycles. The van der Waals surface area contributed by atoms with E-state index in [2.05, 4.69) is 0 Å². The van der Waals surface area contributed by atoms with Crippen LogP contribution in [-0.4, -0.2) is 54.9 Å². The molecule has 32 heavy (non-hydrogen) atoms. The van der Waals surface area contributed by atoms with Gasteiger partial charge in [0.25, 0.3) is 0 Å². The molecular weight excluding hydrogens is 412 g/mol. The average Bonchev–Trinajstić information content (AvgIpc) is 3.48. The number of carbonyl (C=O) groups is 1. The summed E-state index contributed by atoms with van der Waals surface area (Å²) in [6, 6.07) is 9.04. The molecule has 0 radical (unpaired) electrons. The number of carbonyl (C=O) groups excluding carboxylic acids is 1. The molecule has 0 aromatic heterocycles. The highest BCUT2D eigenvalue weighted by atomic mass is 16.9. The number of esters is 1. The molecule has 1 aromatic carbocycles. The Morgan fingerprint density at radius 2 is 1.50 bits per heavy atom. The summed E-state index contributed by atoms with van der Waals surface area (Å²) >= 11 is 0. The van der Waals surface area contributed by atoms with Gasteiger partial charge >= 0.3 is 5.97 Å². The summed E-state index contributed by atoms with van der Waals surface area (Å²) in [5.74, 6) is -1.53. The molecule has 1 aromatic rings. The van der Waals surface area contributed by atoms with Gasteiger partial charge in [0, 0.05) is 25.7 Å². The van der Waals surface area contributed by atoms with Crippen LogP contribution in [0.15, 0.2) is 30.3 Å². The first-order valence-corrected chi connectivity index (χ1v) is 12.2. The van der Waals surface area contributed by atoms with Crippen LogP contribution in [0.25, 0.3) is 0 Å². The zero-order chi connectivity index (χ0) is 21.6. The average molecular weight is 445 g/mol. The van der Waals surface area contributed by atoms with E-state index >= 15 is 0 Å². The van der Waals surface area contributed by atoms with Crippen molar-refractivity contribution in [2.45, 2.75) is 106 Å². The molecule has 0 amide bonds. The van der Waals surface area contributed by atoms with Gasteiger partial charge in [-0.1, -0.05) is 31.0 Å². The van der Waals surface area contributed by atoms with E-state index in [9.17, 15) is 4.79 Å². The Hall–Kier alpha value is -1.51. The number of hydrogen-bond acceptors (Lipinski definition) is 7. The number of ether oxygens (including phenoxy) is 6. The van der Waals surface area contributed by atoms with Crippen LogP contribution in [-0.2, 0) is 28.4 Å². The number of hydrogen-bond donors (Lipinski definition) is 0. The molecule has 0 bridgehead atoms. The molecule has 5 aliphatic rings. The van der Waals surface area contributed by atoms with Crippen LogP contribution in [0, 0.1) is 0 Å². The fraction of sp³-hybridized carbons (Fsp3) is 0.720. The van der Waals surface area contributed by atoms with Gasteiger partial charge in [0.1, 0.15) is 12.2 Å². The van der Waals surface area contributed by atoms with Gasteiger partial charge in [0.05, 0.1) is 12.2 Å². The summed E-state index contributed by atoms with van der Waals surface area (Å²) in [4.78, 5) is 13.0. The Labute approximate surface area is 188 Å². The van der Waals surface area contributed by atoms with E-state index in [0.717, 1.165) is 51.4 Å². The maximum absolute atomic E-state index is 13.0. The van der Waals surface area contributed by atoms with Crippen molar-refractivity contribution < 1.29 is 33.2 Å². The summed E-state index contributed by atoms with van der Waals surface area (Å²) in [6.07, 6.45) is 7.80. The first-order chi connectivity index (χ1) is 15.7. The normalized spacial score (nSPS) is 37.6. The maximum atomic E-state index is 13.0. The minimum Gasteiger partial charge on any atom is -0.453 e. The van der Waals surface area contributed by atoms with E-state index in [-0.39, 0.29) is 12.1 Å². The molecule has 0 N–H and O–H groups in total. The van der Waals surface area contributed by atoms with Crippen LogP contribution in [0.2, 0.25) is 0 Å². The van der Waals surface area contributed by atoms with E-state index in [4.69, 9.17) is 28.4 Å². The molecule has 3 heterocycles. The molecular formula is C25H32O7. The Kier molecular flexibility index (Phi) is 5.50. The summed E-state index contributed by atoms with van der Waals surface area (Å²) in [6.45, 7) is 0.425. The predicted molar refractivity (Wildman–Crippen MR) is 113 cm³/mol. The highest BCUT2D eigenvalue weighted by molar-refractivity contribution is 5.89. The highest BCUT2D eigenvalue weighted by Crippen LogP contribution is 2.48. The van der Waals surface area contributed by atoms with E-state index in [0.29, 0.717) is 12.2 Å². The first kappa shape index (κ1) is 21.1. The lowest BCUT2D eigenvalue weighted by atomic mass is 9.94. The Bertz CT molecular complexity index is 815. The van der Waals surface area contributed by atoms with Crippen molar-refractivity contribution in [1.29, 1.82) is 0 Å². The van der Waals surface area contributed by atoms with Gasteiger partial charge in [-0.2, -0.15) is 0 Å². The SMILES string of the molecule is O=C(O[C@H]1[C@H]2OC3(CCCCC3)O[C@@H]2O[C@@H]1[C@H]1COC2(CCCCC2)O1)c1ccccc1. The van der Waals surface area contributed by atoms with Gasteiger partial charge in [-0.15, -0.1) is 0 Å². The number of fused-ring (bicyclic) bond motifs is 1. The molecule has 5 atom stereocenters. The van der Waals surface area contributed by atoms with Crippen LogP contribution in [0.5, 0.6) is 0 Å². The van der Waals surface area contributed by atoms with Gasteiger partial charge in [-0.3, -0.25) is 0 Å². The van der Waals surface area contributed by atoms with Gasteiger partial charge < -0.3 is 28.4 Å². The van der Waals surface area contributed by atoms with Crippen molar-refractivity contribution in [2.75, 3.05) is 6.61 Å². The molecule has 2 aliphatic carbocycles. The Balaban J connectivity index is 1.22. The highest BCUT2D eigenvalue weighted by Gasteiger charge is 2.62. The minimum atomic E-state index is -0.617. The van der Waals surface area contributed by atoms with Gasteiger partial charge in [-0.25, -0.2) is 4.79 Å². The summed E-state index contributed by atoms with van der Waals surface area (Å²) < 4.78 is 37.8. The molecule has 6 rings (SSSR count). The second-order valence-electron chi connectivity index (χ2n) is 9.82. The smallest absolute Gasteiger partial charge is 0.338 e. The van der Waals surface area contributed by atoms with Crippen molar-refractivity contribution in [3.05, 3.63) is 35.9 Å². The second-order valence-corrected chi connectivity index (χ2v) is 9.82.